The van der Waals surface area contributed by atoms with Crippen molar-refractivity contribution in [3.63, 3.8) is 0 Å². The third kappa shape index (κ3) is 3.23. The first kappa shape index (κ1) is 12.5. The highest BCUT2D eigenvalue weighted by atomic mass is 79.9. The fourth-order valence-corrected chi connectivity index (χ4v) is 2.49. The number of hydrogen-bond donors (Lipinski definition) is 1. The topological polar surface area (TPSA) is 24.9 Å². The molecule has 0 spiro atoms. The van der Waals surface area contributed by atoms with E-state index in [1.54, 1.807) is 11.8 Å². The molecule has 0 amide bonds. The van der Waals surface area contributed by atoms with Crippen LogP contribution in [0.2, 0.25) is 0 Å². The first-order valence-electron chi connectivity index (χ1n) is 5.22. The fraction of sp³-hybridized carbons (Fsp3) is 0.154. The molecule has 1 aromatic carbocycles. The summed E-state index contributed by atoms with van der Waals surface area (Å²) in [6.07, 6.45) is 3.92. The van der Waals surface area contributed by atoms with Gasteiger partial charge in [0.2, 0.25) is 0 Å². The maximum absolute atomic E-state index is 4.36. The minimum Gasteiger partial charge on any atom is -0.339 e. The molecule has 2 rings (SSSR count). The van der Waals surface area contributed by atoms with Gasteiger partial charge in [0.15, 0.2) is 0 Å². The van der Waals surface area contributed by atoms with E-state index in [9.17, 15) is 0 Å². The number of rotatable bonds is 3. The molecule has 0 unspecified atom stereocenters. The normalized spacial score (nSPS) is 10.3. The molecule has 1 N–H and O–H groups in total. The van der Waals surface area contributed by atoms with Gasteiger partial charge in [0, 0.05) is 16.8 Å². The molecule has 0 atom stereocenters. The number of aryl methyl sites for hydroxylation is 1. The average molecular weight is 309 g/mol. The summed E-state index contributed by atoms with van der Waals surface area (Å²) in [5, 5.41) is 3.30. The SMILES string of the molecule is CSc1cccc(Nc2ncc(C)cc2Br)c1. The lowest BCUT2D eigenvalue weighted by atomic mass is 10.3. The van der Waals surface area contributed by atoms with Gasteiger partial charge < -0.3 is 5.32 Å². The molecule has 1 aromatic heterocycles. The number of thioether (sulfide) groups is 1. The maximum Gasteiger partial charge on any atom is 0.144 e. The van der Waals surface area contributed by atoms with Crippen LogP contribution in [0.25, 0.3) is 0 Å². The Morgan fingerprint density at radius 2 is 2.12 bits per heavy atom. The van der Waals surface area contributed by atoms with E-state index < -0.39 is 0 Å². The van der Waals surface area contributed by atoms with E-state index in [1.807, 2.05) is 31.3 Å². The molecule has 88 valence electrons. The Labute approximate surface area is 114 Å². The number of aromatic nitrogens is 1. The maximum atomic E-state index is 4.36. The van der Waals surface area contributed by atoms with Gasteiger partial charge in [0.1, 0.15) is 5.82 Å². The van der Waals surface area contributed by atoms with Crippen LogP contribution in [0.1, 0.15) is 5.56 Å². The molecule has 0 radical (unpaired) electrons. The number of nitrogens with zero attached hydrogens (tertiary/aromatic N) is 1. The molecule has 4 heteroatoms. The number of anilines is 2. The number of nitrogens with one attached hydrogen (secondary N) is 1. The zero-order valence-electron chi connectivity index (χ0n) is 9.70. The molecular formula is C13H13BrN2S. The van der Waals surface area contributed by atoms with Crippen molar-refractivity contribution >= 4 is 39.2 Å². The Bertz CT molecular complexity index is 529. The molecule has 0 aliphatic carbocycles. The van der Waals surface area contributed by atoms with Gasteiger partial charge in [-0.05, 0) is 58.9 Å². The first-order valence-corrected chi connectivity index (χ1v) is 7.24. The Balaban J connectivity index is 2.25. The van der Waals surface area contributed by atoms with E-state index in [-0.39, 0.29) is 0 Å². The molecule has 2 aromatic rings. The van der Waals surface area contributed by atoms with Gasteiger partial charge in [-0.2, -0.15) is 0 Å². The van der Waals surface area contributed by atoms with E-state index in [4.69, 9.17) is 0 Å². The molecule has 0 fully saturated rings. The zero-order chi connectivity index (χ0) is 12.3. The second-order valence-electron chi connectivity index (χ2n) is 3.70. The summed E-state index contributed by atoms with van der Waals surface area (Å²) in [4.78, 5) is 5.60. The van der Waals surface area contributed by atoms with Crippen LogP contribution >= 0.6 is 27.7 Å². The number of pyridine rings is 1. The summed E-state index contributed by atoms with van der Waals surface area (Å²) in [6, 6.07) is 10.3. The van der Waals surface area contributed by atoms with Gasteiger partial charge >= 0.3 is 0 Å². The molecule has 1 heterocycles. The predicted octanol–water partition coefficient (Wildman–Crippen LogP) is 4.62. The number of halogens is 1. The van der Waals surface area contributed by atoms with Crippen molar-refractivity contribution in [2.75, 3.05) is 11.6 Å². The average Bonchev–Trinajstić information content (AvgIpc) is 2.33. The van der Waals surface area contributed by atoms with Crippen LogP contribution in [0.3, 0.4) is 0 Å². The Morgan fingerprint density at radius 3 is 2.82 bits per heavy atom. The van der Waals surface area contributed by atoms with Crippen LogP contribution in [0.5, 0.6) is 0 Å². The molecular weight excluding hydrogens is 296 g/mol. The largest absolute Gasteiger partial charge is 0.339 e. The lowest BCUT2D eigenvalue weighted by Gasteiger charge is -2.09. The predicted molar refractivity (Wildman–Crippen MR) is 78.2 cm³/mol. The van der Waals surface area contributed by atoms with Gasteiger partial charge in [-0.15, -0.1) is 11.8 Å². The van der Waals surface area contributed by atoms with Crippen molar-refractivity contribution in [1.82, 2.24) is 4.98 Å². The van der Waals surface area contributed by atoms with Gasteiger partial charge in [-0.3, -0.25) is 0 Å². The lowest BCUT2D eigenvalue weighted by molar-refractivity contribution is 1.24. The van der Waals surface area contributed by atoms with Crippen molar-refractivity contribution in [2.45, 2.75) is 11.8 Å². The summed E-state index contributed by atoms with van der Waals surface area (Å²) >= 11 is 5.24. The molecule has 0 bridgehead atoms. The number of benzene rings is 1. The fourth-order valence-electron chi connectivity index (χ4n) is 1.46. The number of hydrogen-bond acceptors (Lipinski definition) is 3. The van der Waals surface area contributed by atoms with E-state index in [2.05, 4.69) is 44.6 Å². The first-order chi connectivity index (χ1) is 8.19. The summed E-state index contributed by atoms with van der Waals surface area (Å²) < 4.78 is 0.979. The van der Waals surface area contributed by atoms with Crippen LogP contribution in [-0.4, -0.2) is 11.2 Å². The Morgan fingerprint density at radius 1 is 1.29 bits per heavy atom. The van der Waals surface area contributed by atoms with Crippen LogP contribution in [0.4, 0.5) is 11.5 Å². The van der Waals surface area contributed by atoms with Gasteiger partial charge in [-0.25, -0.2) is 4.98 Å². The van der Waals surface area contributed by atoms with Crippen LogP contribution in [0, 0.1) is 6.92 Å². The van der Waals surface area contributed by atoms with E-state index in [0.29, 0.717) is 0 Å². The third-order valence-electron chi connectivity index (χ3n) is 2.31. The lowest BCUT2D eigenvalue weighted by Crippen LogP contribution is -1.95. The summed E-state index contributed by atoms with van der Waals surface area (Å²) in [5.74, 6) is 0.842. The second kappa shape index (κ2) is 5.56. The second-order valence-corrected chi connectivity index (χ2v) is 5.43. The zero-order valence-corrected chi connectivity index (χ0v) is 12.1. The molecule has 2 nitrogen and oxygen atoms in total. The highest BCUT2D eigenvalue weighted by Gasteiger charge is 2.02. The molecule has 0 aliphatic rings. The van der Waals surface area contributed by atoms with Crippen molar-refractivity contribution in [3.05, 3.63) is 46.6 Å². The van der Waals surface area contributed by atoms with Crippen LogP contribution in [0.15, 0.2) is 45.9 Å². The Kier molecular flexibility index (Phi) is 4.07. The van der Waals surface area contributed by atoms with Crippen LogP contribution < -0.4 is 5.32 Å². The summed E-state index contributed by atoms with van der Waals surface area (Å²) in [5.41, 5.74) is 2.19. The van der Waals surface area contributed by atoms with Crippen molar-refractivity contribution < 1.29 is 0 Å². The van der Waals surface area contributed by atoms with Crippen LogP contribution in [-0.2, 0) is 0 Å². The van der Waals surface area contributed by atoms with Crippen molar-refractivity contribution in [3.8, 4) is 0 Å². The summed E-state index contributed by atoms with van der Waals surface area (Å²) in [6.45, 7) is 2.02. The highest BCUT2D eigenvalue weighted by Crippen LogP contribution is 2.26. The van der Waals surface area contributed by atoms with E-state index in [0.717, 1.165) is 21.5 Å². The van der Waals surface area contributed by atoms with Crippen molar-refractivity contribution in [2.24, 2.45) is 0 Å². The van der Waals surface area contributed by atoms with E-state index in [1.165, 1.54) is 4.90 Å². The summed E-state index contributed by atoms with van der Waals surface area (Å²) in [7, 11) is 0. The minimum absolute atomic E-state index is 0.842. The molecule has 0 aliphatic heterocycles. The molecule has 0 saturated carbocycles. The highest BCUT2D eigenvalue weighted by molar-refractivity contribution is 9.10. The van der Waals surface area contributed by atoms with Crippen molar-refractivity contribution in [1.29, 1.82) is 0 Å². The molecule has 17 heavy (non-hydrogen) atoms. The monoisotopic (exact) mass is 308 g/mol. The quantitative estimate of drug-likeness (QED) is 0.838. The smallest absolute Gasteiger partial charge is 0.144 e. The van der Waals surface area contributed by atoms with Gasteiger partial charge in [0.05, 0.1) is 4.47 Å². The molecule has 0 saturated heterocycles. The third-order valence-corrected chi connectivity index (χ3v) is 3.64. The van der Waals surface area contributed by atoms with Gasteiger partial charge in [0.25, 0.3) is 0 Å². The standard InChI is InChI=1S/C13H13BrN2S/c1-9-6-12(14)13(15-8-9)16-10-4-3-5-11(7-10)17-2/h3-8H,1-2H3,(H,15,16). The Hall–Kier alpha value is -1.00. The van der Waals surface area contributed by atoms with Gasteiger partial charge in [-0.1, -0.05) is 6.07 Å². The van der Waals surface area contributed by atoms with E-state index >= 15 is 0 Å². The minimum atomic E-state index is 0.842.